The number of amides is 9. The van der Waals surface area contributed by atoms with Crippen molar-refractivity contribution >= 4 is 53.2 Å². The lowest BCUT2D eigenvalue weighted by Crippen LogP contribution is -2.63. The van der Waals surface area contributed by atoms with Crippen molar-refractivity contribution in [3.05, 3.63) is 48.0 Å². The number of aromatic hydroxyl groups is 1. The average Bonchev–Trinajstić information content (AvgIpc) is 4.02. The summed E-state index contributed by atoms with van der Waals surface area (Å²) in [4.78, 5) is 134. The van der Waals surface area contributed by atoms with E-state index >= 15 is 0 Å². The number of rotatable bonds is 11. The lowest BCUT2D eigenvalue weighted by molar-refractivity contribution is -0.144. The molecule has 24 heteroatoms. The van der Waals surface area contributed by atoms with Crippen LogP contribution >= 0.6 is 0 Å². The fraction of sp³-hybridized carbons (Fsp3) is 0.609. The van der Waals surface area contributed by atoms with Crippen LogP contribution in [0, 0.1) is 11.8 Å². The number of aromatic amines is 1. The molecule has 2 aliphatic rings. The standard InChI is InChI=1S/C46H69N11O13/c1-8-23(4)35-43(67)56-38(26(7)60)46(70)57-15-9-10-33(57)42(66)48-20-34(62)53-36(24(5)58)44(68)52-32(18-28-19-47-21-49-28)40(64)50-30(16-22(2)3)39(63)51-31(17-27-11-13-29(61)14-12-27)41(65)55-37(25(6)59)45(69)54-35/h11-14,19,21-26,30-33,35-38,58-61H,8-10,15-18,20H2,1-7H3,(H,47,49)(H,48,66)(H,50,64)(H,51,63)(H,52,68)(H,53,62)(H,54,69)(H,55,65)(H,56,67)/t23-,24+,25+,26+,30-,31-,32-,33-,35-,36-,37-,38-/m0/s1. The number of nitrogens with zero attached hydrogens (tertiary/aromatic N) is 2. The van der Waals surface area contributed by atoms with Gasteiger partial charge in [0.15, 0.2) is 0 Å². The van der Waals surface area contributed by atoms with Gasteiger partial charge in [-0.15, -0.1) is 0 Å². The SMILES string of the molecule is CC[C@H](C)[C@@H]1NC(=O)[C@H]([C@@H](C)O)NC(=O)[C@H](Cc2ccc(O)cc2)NC(=O)[C@H](CC(C)C)NC(=O)[C@H](Cc2cnc[nH]2)NC(=O)[C@H]([C@@H](C)O)NC(=O)CNC(=O)[C@@H]2CCCN2C(=O)[C@H]([C@@H](C)O)NC1=O. The highest BCUT2D eigenvalue weighted by Crippen LogP contribution is 2.21. The first kappa shape index (κ1) is 55.9. The number of nitrogens with one attached hydrogen (secondary N) is 9. The molecule has 2 aliphatic heterocycles. The average molecular weight is 984 g/mol. The number of hydrogen-bond acceptors (Lipinski definition) is 14. The maximum atomic E-state index is 14.3. The predicted molar refractivity (Wildman–Crippen MR) is 249 cm³/mol. The molecule has 0 bridgehead atoms. The number of phenols is 1. The van der Waals surface area contributed by atoms with Crippen LogP contribution in [0.4, 0.5) is 0 Å². The normalized spacial score (nSPS) is 27.2. The highest BCUT2D eigenvalue weighted by atomic mass is 16.3. The zero-order valence-corrected chi connectivity index (χ0v) is 40.5. The van der Waals surface area contributed by atoms with E-state index in [-0.39, 0.29) is 43.9 Å². The second-order valence-electron chi connectivity index (χ2n) is 18.5. The van der Waals surface area contributed by atoms with Gasteiger partial charge in [-0.05, 0) is 69.6 Å². The lowest BCUT2D eigenvalue weighted by Gasteiger charge is -2.32. The van der Waals surface area contributed by atoms with Gasteiger partial charge in [0.25, 0.3) is 0 Å². The monoisotopic (exact) mass is 984 g/mol. The number of H-pyrrole nitrogens is 1. The maximum Gasteiger partial charge on any atom is 0.248 e. The van der Waals surface area contributed by atoms with E-state index in [2.05, 4.69) is 52.5 Å². The number of benzene rings is 1. The minimum absolute atomic E-state index is 0.00578. The summed E-state index contributed by atoms with van der Waals surface area (Å²) in [6, 6.07) is -6.25. The molecule has 1 aromatic carbocycles. The van der Waals surface area contributed by atoms with Crippen molar-refractivity contribution in [3.8, 4) is 5.75 Å². The zero-order chi connectivity index (χ0) is 52.0. The first-order valence-corrected chi connectivity index (χ1v) is 23.5. The summed E-state index contributed by atoms with van der Waals surface area (Å²) >= 11 is 0. The van der Waals surface area contributed by atoms with Crippen LogP contribution in [0.5, 0.6) is 5.75 Å². The van der Waals surface area contributed by atoms with Gasteiger partial charge >= 0.3 is 0 Å². The first-order valence-electron chi connectivity index (χ1n) is 23.5. The van der Waals surface area contributed by atoms with Gasteiger partial charge in [0, 0.05) is 31.3 Å². The van der Waals surface area contributed by atoms with Crippen LogP contribution in [-0.4, -0.2) is 168 Å². The number of carbonyl (C=O) groups excluding carboxylic acids is 9. The minimum atomic E-state index is -1.74. The molecule has 4 rings (SSSR count). The molecule has 24 nitrogen and oxygen atoms in total. The number of imidazole rings is 1. The minimum Gasteiger partial charge on any atom is -0.508 e. The Morgan fingerprint density at radius 2 is 1.14 bits per heavy atom. The number of phenolic OH excluding ortho intramolecular Hbond substituents is 1. The Morgan fingerprint density at radius 1 is 0.629 bits per heavy atom. The van der Waals surface area contributed by atoms with Crippen LogP contribution in [0.1, 0.15) is 85.4 Å². The van der Waals surface area contributed by atoms with E-state index in [0.717, 1.165) is 4.90 Å². The molecule has 0 radical (unpaired) electrons. The molecular weight excluding hydrogens is 915 g/mol. The highest BCUT2D eigenvalue weighted by molar-refractivity contribution is 5.99. The molecule has 386 valence electrons. The third kappa shape index (κ3) is 15.7. The van der Waals surface area contributed by atoms with Crippen molar-refractivity contribution in [2.75, 3.05) is 13.1 Å². The quantitative estimate of drug-likeness (QED) is 0.105. The van der Waals surface area contributed by atoms with Gasteiger partial charge in [-0.1, -0.05) is 46.2 Å². The Kier molecular flexibility index (Phi) is 20.6. The van der Waals surface area contributed by atoms with Crippen LogP contribution in [-0.2, 0) is 56.0 Å². The molecule has 3 heterocycles. The molecule has 9 amide bonds. The topological polar surface area (TPSA) is 363 Å². The third-order valence-corrected chi connectivity index (χ3v) is 12.2. The van der Waals surface area contributed by atoms with Crippen LogP contribution in [0.15, 0.2) is 36.8 Å². The molecule has 0 unspecified atom stereocenters. The number of aliphatic hydroxyl groups excluding tert-OH is 3. The summed E-state index contributed by atoms with van der Waals surface area (Å²) in [6.45, 7) is 9.87. The van der Waals surface area contributed by atoms with E-state index in [9.17, 15) is 63.6 Å². The van der Waals surface area contributed by atoms with Crippen molar-refractivity contribution in [2.45, 2.75) is 154 Å². The number of fused-ring (bicyclic) bond motifs is 1. The van der Waals surface area contributed by atoms with Gasteiger partial charge in [0.05, 0.1) is 31.2 Å². The third-order valence-electron chi connectivity index (χ3n) is 12.2. The number of hydrogen-bond donors (Lipinski definition) is 13. The van der Waals surface area contributed by atoms with Crippen molar-refractivity contribution < 1.29 is 63.6 Å². The fourth-order valence-electron chi connectivity index (χ4n) is 8.04. The van der Waals surface area contributed by atoms with Gasteiger partial charge in [-0.2, -0.15) is 0 Å². The van der Waals surface area contributed by atoms with Gasteiger partial charge in [0.1, 0.15) is 54.1 Å². The molecule has 2 saturated heterocycles. The second-order valence-corrected chi connectivity index (χ2v) is 18.5. The Morgan fingerprint density at radius 3 is 1.73 bits per heavy atom. The summed E-state index contributed by atoms with van der Waals surface area (Å²) < 4.78 is 0. The largest absolute Gasteiger partial charge is 0.508 e. The van der Waals surface area contributed by atoms with E-state index in [1.807, 2.05) is 0 Å². The summed E-state index contributed by atoms with van der Waals surface area (Å²) in [5, 5.41) is 62.6. The Labute approximate surface area is 405 Å². The molecule has 0 spiro atoms. The Hall–Kier alpha value is -6.66. The Balaban J connectivity index is 1.80. The first-order chi connectivity index (χ1) is 33.0. The summed E-state index contributed by atoms with van der Waals surface area (Å²) in [5.41, 5.74) is 0.812. The van der Waals surface area contributed by atoms with Crippen LogP contribution in [0.2, 0.25) is 0 Å². The van der Waals surface area contributed by atoms with Gasteiger partial charge in [0.2, 0.25) is 53.2 Å². The molecule has 0 saturated carbocycles. The van der Waals surface area contributed by atoms with Gasteiger partial charge in [-0.3, -0.25) is 43.2 Å². The molecule has 70 heavy (non-hydrogen) atoms. The fourth-order valence-corrected chi connectivity index (χ4v) is 8.04. The predicted octanol–water partition coefficient (Wildman–Crippen LogP) is -3.35. The summed E-state index contributed by atoms with van der Waals surface area (Å²) in [7, 11) is 0. The Bertz CT molecular complexity index is 2150. The van der Waals surface area contributed by atoms with E-state index in [1.165, 1.54) is 57.6 Å². The number of aromatic nitrogens is 2. The zero-order valence-electron chi connectivity index (χ0n) is 40.5. The van der Waals surface area contributed by atoms with Crippen molar-refractivity contribution in [1.29, 1.82) is 0 Å². The van der Waals surface area contributed by atoms with Crippen LogP contribution in [0.25, 0.3) is 0 Å². The number of carbonyl (C=O) groups is 9. The van der Waals surface area contributed by atoms with Gasteiger partial charge in [-0.25, -0.2) is 4.98 Å². The van der Waals surface area contributed by atoms with Crippen molar-refractivity contribution in [1.82, 2.24) is 57.4 Å². The van der Waals surface area contributed by atoms with E-state index < -0.39 is 132 Å². The van der Waals surface area contributed by atoms with Crippen LogP contribution < -0.4 is 42.5 Å². The van der Waals surface area contributed by atoms with E-state index in [1.54, 1.807) is 27.7 Å². The molecule has 12 atom stereocenters. The lowest BCUT2D eigenvalue weighted by atomic mass is 9.96. The summed E-state index contributed by atoms with van der Waals surface area (Å²) in [6.07, 6.45) is -1.59. The van der Waals surface area contributed by atoms with E-state index in [0.29, 0.717) is 24.1 Å². The van der Waals surface area contributed by atoms with Crippen molar-refractivity contribution in [2.24, 2.45) is 11.8 Å². The molecule has 0 aliphatic carbocycles. The van der Waals surface area contributed by atoms with Crippen LogP contribution in [0.3, 0.4) is 0 Å². The van der Waals surface area contributed by atoms with Gasteiger partial charge < -0.3 is 72.8 Å². The highest BCUT2D eigenvalue weighted by Gasteiger charge is 2.42. The maximum absolute atomic E-state index is 14.3. The van der Waals surface area contributed by atoms with Crippen molar-refractivity contribution in [3.63, 3.8) is 0 Å². The molecule has 1 aromatic heterocycles. The van der Waals surface area contributed by atoms with E-state index in [4.69, 9.17) is 0 Å². The smallest absolute Gasteiger partial charge is 0.248 e. The molecule has 13 N–H and O–H groups in total. The number of aliphatic hydroxyl groups is 3. The molecule has 2 aromatic rings. The molecular formula is C46H69N11O13. The summed E-state index contributed by atoms with van der Waals surface area (Å²) in [5.74, 6) is -9.19. The second kappa shape index (κ2) is 25.8. The molecule has 2 fully saturated rings.